The molecular weight excluding hydrogens is 374 g/mol. The first-order valence-electron chi connectivity index (χ1n) is 11.3. The Morgan fingerprint density at radius 1 is 1.21 bits per heavy atom. The van der Waals surface area contributed by atoms with Crippen molar-refractivity contribution in [3.05, 3.63) is 50.8 Å². The van der Waals surface area contributed by atoms with Gasteiger partial charge in [-0.05, 0) is 74.3 Å². The lowest BCUT2D eigenvalue weighted by Crippen LogP contribution is -2.23. The van der Waals surface area contributed by atoms with Crippen LogP contribution in [0.2, 0.25) is 0 Å². The Bertz CT molecular complexity index is 763. The topological polar surface area (TPSA) is 29.1 Å². The number of nitrogens with one attached hydrogen (secondary N) is 1. The third-order valence-electron chi connectivity index (χ3n) is 5.84. The number of amides is 1. The minimum Gasteiger partial charge on any atom is -0.351 e. The summed E-state index contributed by atoms with van der Waals surface area (Å²) in [6.07, 6.45) is 16.5. The predicted octanol–water partition coefficient (Wildman–Crippen LogP) is 7.93. The fourth-order valence-corrected chi connectivity index (χ4v) is 5.00. The normalized spacial score (nSPS) is 17.2. The maximum atomic E-state index is 12.3. The molecule has 1 aliphatic carbocycles. The molecule has 1 N–H and O–H groups in total. The number of allylic oxidation sites excluding steroid dienone is 5. The van der Waals surface area contributed by atoms with Gasteiger partial charge in [0.15, 0.2) is 0 Å². The van der Waals surface area contributed by atoms with E-state index >= 15 is 0 Å². The molecule has 0 bridgehead atoms. The maximum absolute atomic E-state index is 12.3. The Balaban J connectivity index is 1.91. The van der Waals surface area contributed by atoms with Crippen molar-refractivity contribution in [1.82, 2.24) is 5.32 Å². The summed E-state index contributed by atoms with van der Waals surface area (Å²) in [5, 5.41) is 3.06. The molecular formula is C26H39NOS. The van der Waals surface area contributed by atoms with Crippen molar-refractivity contribution in [3.8, 4) is 0 Å². The zero-order valence-electron chi connectivity index (χ0n) is 19.1. The van der Waals surface area contributed by atoms with E-state index in [4.69, 9.17) is 0 Å². The second-order valence-corrected chi connectivity index (χ2v) is 10.1. The van der Waals surface area contributed by atoms with Crippen LogP contribution in [0.3, 0.4) is 0 Å². The largest absolute Gasteiger partial charge is 0.351 e. The lowest BCUT2D eigenvalue weighted by molar-refractivity contribution is 0.0957. The number of hydrogen-bond donors (Lipinski definition) is 1. The number of carbonyl (C=O) groups excluding carboxylic acids is 1. The van der Waals surface area contributed by atoms with Gasteiger partial charge in [0.2, 0.25) is 0 Å². The summed E-state index contributed by atoms with van der Waals surface area (Å²) in [7, 11) is 0. The van der Waals surface area contributed by atoms with Crippen molar-refractivity contribution in [3.63, 3.8) is 0 Å². The van der Waals surface area contributed by atoms with Crippen molar-refractivity contribution in [1.29, 1.82) is 0 Å². The van der Waals surface area contributed by atoms with Crippen LogP contribution in [0.1, 0.15) is 101 Å². The number of rotatable bonds is 10. The lowest BCUT2D eigenvalue weighted by Gasteiger charge is -2.32. The fourth-order valence-electron chi connectivity index (χ4n) is 4.07. The van der Waals surface area contributed by atoms with Gasteiger partial charge in [0.25, 0.3) is 5.91 Å². The summed E-state index contributed by atoms with van der Waals surface area (Å²) in [5.41, 5.74) is 4.50. The predicted molar refractivity (Wildman–Crippen MR) is 129 cm³/mol. The second kappa shape index (κ2) is 11.5. The Kier molecular flexibility index (Phi) is 9.42. The Labute approximate surface area is 182 Å². The Morgan fingerprint density at radius 3 is 2.69 bits per heavy atom. The van der Waals surface area contributed by atoms with E-state index in [1.54, 1.807) is 11.3 Å². The molecule has 2 nitrogen and oxygen atoms in total. The number of thiophene rings is 1. The SMILES string of the molecule is CCCCCCCNC(=O)c1ccc(/C=C(\C)C=CC2=C(C)CCCC2(C)C)s1. The van der Waals surface area contributed by atoms with E-state index in [9.17, 15) is 4.79 Å². The second-order valence-electron chi connectivity index (χ2n) is 9.03. The first-order chi connectivity index (χ1) is 13.8. The van der Waals surface area contributed by atoms with E-state index in [1.807, 2.05) is 12.1 Å². The van der Waals surface area contributed by atoms with Crippen molar-refractivity contribution >= 4 is 23.3 Å². The molecule has 0 fully saturated rings. The first-order valence-corrected chi connectivity index (χ1v) is 12.1. The van der Waals surface area contributed by atoms with Crippen LogP contribution in [0.5, 0.6) is 0 Å². The first kappa shape index (κ1) is 23.7. The average Bonchev–Trinajstić information content (AvgIpc) is 3.12. The molecule has 0 atom stereocenters. The highest BCUT2D eigenvalue weighted by Crippen LogP contribution is 2.40. The van der Waals surface area contributed by atoms with Gasteiger partial charge >= 0.3 is 0 Å². The number of unbranched alkanes of at least 4 members (excludes halogenated alkanes) is 4. The van der Waals surface area contributed by atoms with Gasteiger partial charge in [0.05, 0.1) is 4.88 Å². The van der Waals surface area contributed by atoms with E-state index in [-0.39, 0.29) is 11.3 Å². The smallest absolute Gasteiger partial charge is 0.261 e. The third kappa shape index (κ3) is 7.62. The van der Waals surface area contributed by atoms with Gasteiger partial charge in [-0.3, -0.25) is 4.79 Å². The summed E-state index contributed by atoms with van der Waals surface area (Å²) < 4.78 is 0. The van der Waals surface area contributed by atoms with Crippen LogP contribution in [0, 0.1) is 5.41 Å². The van der Waals surface area contributed by atoms with Gasteiger partial charge in [0, 0.05) is 11.4 Å². The molecule has 1 heterocycles. The monoisotopic (exact) mass is 413 g/mol. The Morgan fingerprint density at radius 2 is 1.97 bits per heavy atom. The lowest BCUT2D eigenvalue weighted by atomic mass is 9.72. The van der Waals surface area contributed by atoms with Crippen molar-refractivity contribution in [2.75, 3.05) is 6.54 Å². The zero-order valence-corrected chi connectivity index (χ0v) is 19.9. The summed E-state index contributed by atoms with van der Waals surface area (Å²) >= 11 is 1.57. The molecule has 1 aromatic heterocycles. The molecule has 0 aromatic carbocycles. The molecule has 1 aromatic rings. The summed E-state index contributed by atoms with van der Waals surface area (Å²) in [6, 6.07) is 3.99. The number of hydrogen-bond acceptors (Lipinski definition) is 2. The summed E-state index contributed by atoms with van der Waals surface area (Å²) in [6.45, 7) is 12.1. The molecule has 0 radical (unpaired) electrons. The standard InChI is InChI=1S/C26H39NOS/c1-6-7-8-9-10-18-27-25(28)24-16-14-22(29-24)19-20(2)13-15-23-21(3)12-11-17-26(23,4)5/h13-16,19H,6-12,17-18H2,1-5H3,(H,27,28)/b15-13?,20-19+. The van der Waals surface area contributed by atoms with Crippen LogP contribution in [0.4, 0.5) is 0 Å². The zero-order chi connectivity index (χ0) is 21.3. The van der Waals surface area contributed by atoms with Gasteiger partial charge in [0.1, 0.15) is 0 Å². The minimum absolute atomic E-state index is 0.0584. The molecule has 0 aliphatic heterocycles. The van der Waals surface area contributed by atoms with E-state index in [0.717, 1.165) is 22.7 Å². The van der Waals surface area contributed by atoms with E-state index in [2.05, 4.69) is 58.2 Å². The van der Waals surface area contributed by atoms with Crippen molar-refractivity contribution < 1.29 is 4.79 Å². The van der Waals surface area contributed by atoms with Gasteiger partial charge < -0.3 is 5.32 Å². The quantitative estimate of drug-likeness (QED) is 0.306. The van der Waals surface area contributed by atoms with Gasteiger partial charge in [-0.2, -0.15) is 0 Å². The molecule has 1 amide bonds. The Hall–Kier alpha value is -1.61. The van der Waals surface area contributed by atoms with Crippen molar-refractivity contribution in [2.24, 2.45) is 5.41 Å². The van der Waals surface area contributed by atoms with Crippen LogP contribution in [-0.4, -0.2) is 12.5 Å². The number of carbonyl (C=O) groups is 1. The molecule has 0 saturated heterocycles. The van der Waals surface area contributed by atoms with Crippen LogP contribution < -0.4 is 5.32 Å². The molecule has 29 heavy (non-hydrogen) atoms. The van der Waals surface area contributed by atoms with Crippen LogP contribution in [-0.2, 0) is 0 Å². The molecule has 3 heteroatoms. The van der Waals surface area contributed by atoms with Crippen LogP contribution >= 0.6 is 11.3 Å². The highest BCUT2D eigenvalue weighted by Gasteiger charge is 2.26. The third-order valence-corrected chi connectivity index (χ3v) is 6.87. The van der Waals surface area contributed by atoms with Gasteiger partial charge in [-0.25, -0.2) is 0 Å². The van der Waals surface area contributed by atoms with Crippen LogP contribution in [0.25, 0.3) is 6.08 Å². The van der Waals surface area contributed by atoms with E-state index in [0.29, 0.717) is 0 Å². The molecule has 0 spiro atoms. The molecule has 1 aliphatic rings. The van der Waals surface area contributed by atoms with Gasteiger partial charge in [-0.15, -0.1) is 11.3 Å². The van der Waals surface area contributed by atoms with E-state index in [1.165, 1.54) is 61.7 Å². The highest BCUT2D eigenvalue weighted by molar-refractivity contribution is 7.14. The molecule has 160 valence electrons. The molecule has 0 saturated carbocycles. The average molecular weight is 414 g/mol. The van der Waals surface area contributed by atoms with Gasteiger partial charge in [-0.1, -0.05) is 64.2 Å². The highest BCUT2D eigenvalue weighted by atomic mass is 32.1. The van der Waals surface area contributed by atoms with E-state index < -0.39 is 0 Å². The van der Waals surface area contributed by atoms with Crippen molar-refractivity contribution in [2.45, 2.75) is 86.0 Å². The summed E-state index contributed by atoms with van der Waals surface area (Å²) in [4.78, 5) is 14.3. The molecule has 2 rings (SSSR count). The minimum atomic E-state index is 0.0584. The summed E-state index contributed by atoms with van der Waals surface area (Å²) in [5.74, 6) is 0.0584. The fraction of sp³-hybridized carbons (Fsp3) is 0.577. The van der Waals surface area contributed by atoms with Crippen LogP contribution in [0.15, 0.2) is 41.0 Å². The molecule has 0 unspecified atom stereocenters. The maximum Gasteiger partial charge on any atom is 0.261 e.